The van der Waals surface area contributed by atoms with E-state index in [9.17, 15) is 9.90 Å². The normalized spacial score (nSPS) is 14.5. The third-order valence-corrected chi connectivity index (χ3v) is 2.29. The second kappa shape index (κ2) is 4.77. The maximum absolute atomic E-state index is 10.4. The summed E-state index contributed by atoms with van der Waals surface area (Å²) >= 11 is 0. The van der Waals surface area contributed by atoms with Crippen molar-refractivity contribution < 1.29 is 14.6 Å². The first-order valence-corrected chi connectivity index (χ1v) is 4.46. The molecule has 0 heterocycles. The minimum Gasteiger partial charge on any atom is -0.497 e. The summed E-state index contributed by atoms with van der Waals surface area (Å²) in [5.74, 6) is 0.583. The summed E-state index contributed by atoms with van der Waals surface area (Å²) in [4.78, 5) is 10.4. The Kier molecular flexibility index (Phi) is 3.65. The van der Waals surface area contributed by atoms with Gasteiger partial charge < -0.3 is 14.6 Å². The monoisotopic (exact) mass is 194 g/mol. The number of carbonyl (C=O) groups excluding carboxylic acids is 1. The number of aliphatic hydroxyl groups is 1. The third kappa shape index (κ3) is 2.33. The zero-order chi connectivity index (χ0) is 10.6. The van der Waals surface area contributed by atoms with E-state index < -0.39 is 6.10 Å². The molecule has 1 aromatic carbocycles. The second-order valence-corrected chi connectivity index (χ2v) is 3.19. The van der Waals surface area contributed by atoms with Gasteiger partial charge in [0.2, 0.25) is 0 Å². The molecule has 14 heavy (non-hydrogen) atoms. The van der Waals surface area contributed by atoms with E-state index in [0.717, 1.165) is 11.3 Å². The quantitative estimate of drug-likeness (QED) is 0.736. The lowest BCUT2D eigenvalue weighted by Crippen LogP contribution is -2.16. The van der Waals surface area contributed by atoms with Crippen LogP contribution in [-0.4, -0.2) is 24.6 Å². The van der Waals surface area contributed by atoms with Crippen molar-refractivity contribution in [3.05, 3.63) is 29.8 Å². The largest absolute Gasteiger partial charge is 0.497 e. The molecule has 0 spiro atoms. The lowest BCUT2D eigenvalue weighted by atomic mass is 9.96. The summed E-state index contributed by atoms with van der Waals surface area (Å²) < 4.78 is 5.00. The van der Waals surface area contributed by atoms with E-state index in [2.05, 4.69) is 0 Å². The zero-order valence-corrected chi connectivity index (χ0v) is 8.31. The third-order valence-electron chi connectivity index (χ3n) is 2.29. The molecule has 0 saturated carbocycles. The highest BCUT2D eigenvalue weighted by molar-refractivity contribution is 5.58. The van der Waals surface area contributed by atoms with Crippen LogP contribution in [0.15, 0.2) is 24.3 Å². The number of methoxy groups -OCH3 is 1. The molecule has 2 unspecified atom stereocenters. The maximum Gasteiger partial charge on any atom is 0.149 e. The van der Waals surface area contributed by atoms with Crippen LogP contribution in [0, 0.1) is 0 Å². The minimum absolute atomic E-state index is 0.182. The molecule has 76 valence electrons. The van der Waals surface area contributed by atoms with Crippen molar-refractivity contribution in [1.82, 2.24) is 0 Å². The molecule has 0 aliphatic heterocycles. The van der Waals surface area contributed by atoms with E-state index >= 15 is 0 Å². The molecule has 0 radical (unpaired) electrons. The van der Waals surface area contributed by atoms with Crippen LogP contribution in [0.5, 0.6) is 5.75 Å². The van der Waals surface area contributed by atoms with E-state index in [1.54, 1.807) is 14.0 Å². The predicted octanol–water partition coefficient (Wildman–Crippen LogP) is 1.36. The number of hydrogen-bond acceptors (Lipinski definition) is 3. The SMILES string of the molecule is COc1ccc(C(C)C(O)C=O)cc1. The number of carbonyl (C=O) groups is 1. The molecule has 0 amide bonds. The summed E-state index contributed by atoms with van der Waals surface area (Å²) in [6.07, 6.45) is -0.391. The number of benzene rings is 1. The van der Waals surface area contributed by atoms with Gasteiger partial charge in [-0.15, -0.1) is 0 Å². The van der Waals surface area contributed by atoms with Crippen molar-refractivity contribution in [2.24, 2.45) is 0 Å². The molecule has 0 aromatic heterocycles. The van der Waals surface area contributed by atoms with Gasteiger partial charge in [-0.2, -0.15) is 0 Å². The van der Waals surface area contributed by atoms with Crippen molar-refractivity contribution >= 4 is 6.29 Å². The molecule has 0 bridgehead atoms. The average molecular weight is 194 g/mol. The van der Waals surface area contributed by atoms with Crippen LogP contribution in [0.1, 0.15) is 18.4 Å². The molecule has 0 fully saturated rings. The fourth-order valence-electron chi connectivity index (χ4n) is 1.22. The van der Waals surface area contributed by atoms with Crippen molar-refractivity contribution in [3.8, 4) is 5.75 Å². The molecule has 3 heteroatoms. The number of ether oxygens (including phenoxy) is 1. The molecule has 1 rings (SSSR count). The number of aldehydes is 1. The predicted molar refractivity (Wildman–Crippen MR) is 53.5 cm³/mol. The van der Waals surface area contributed by atoms with Gasteiger partial charge in [-0.05, 0) is 17.7 Å². The van der Waals surface area contributed by atoms with Gasteiger partial charge >= 0.3 is 0 Å². The van der Waals surface area contributed by atoms with Gasteiger partial charge in [-0.1, -0.05) is 19.1 Å². The Hall–Kier alpha value is -1.35. The number of aliphatic hydroxyl groups excluding tert-OH is 1. The highest BCUT2D eigenvalue weighted by atomic mass is 16.5. The smallest absolute Gasteiger partial charge is 0.149 e. The van der Waals surface area contributed by atoms with Gasteiger partial charge in [0.25, 0.3) is 0 Å². The van der Waals surface area contributed by atoms with Crippen LogP contribution < -0.4 is 4.74 Å². The number of rotatable bonds is 4. The van der Waals surface area contributed by atoms with Crippen LogP contribution in [0.4, 0.5) is 0 Å². The van der Waals surface area contributed by atoms with Crippen molar-refractivity contribution in [1.29, 1.82) is 0 Å². The molecule has 1 N–H and O–H groups in total. The molecule has 0 aliphatic rings. The van der Waals surface area contributed by atoms with E-state index in [4.69, 9.17) is 4.74 Å². The average Bonchev–Trinajstić information content (AvgIpc) is 2.27. The lowest BCUT2D eigenvalue weighted by Gasteiger charge is -2.13. The molecule has 2 atom stereocenters. The van der Waals surface area contributed by atoms with Gasteiger partial charge in [0, 0.05) is 5.92 Å². The minimum atomic E-state index is -0.941. The molecule has 1 aromatic rings. The molecular weight excluding hydrogens is 180 g/mol. The Morgan fingerprint density at radius 2 is 1.93 bits per heavy atom. The Morgan fingerprint density at radius 3 is 2.36 bits per heavy atom. The fourth-order valence-corrected chi connectivity index (χ4v) is 1.22. The summed E-state index contributed by atoms with van der Waals surface area (Å²) in [6.45, 7) is 1.81. The van der Waals surface area contributed by atoms with Gasteiger partial charge in [0.1, 0.15) is 18.1 Å². The first-order valence-electron chi connectivity index (χ1n) is 4.46. The van der Waals surface area contributed by atoms with Crippen molar-refractivity contribution in [2.45, 2.75) is 18.9 Å². The summed E-state index contributed by atoms with van der Waals surface area (Å²) in [7, 11) is 1.60. The molecule has 3 nitrogen and oxygen atoms in total. The van der Waals surface area contributed by atoms with Crippen molar-refractivity contribution in [3.63, 3.8) is 0 Å². The summed E-state index contributed by atoms with van der Waals surface area (Å²) in [6, 6.07) is 7.30. The van der Waals surface area contributed by atoms with Crippen LogP contribution >= 0.6 is 0 Å². The molecule has 0 aliphatic carbocycles. The Morgan fingerprint density at radius 1 is 1.36 bits per heavy atom. The van der Waals surface area contributed by atoms with Crippen LogP contribution in [0.25, 0.3) is 0 Å². The first kappa shape index (κ1) is 10.7. The highest BCUT2D eigenvalue weighted by Crippen LogP contribution is 2.21. The van der Waals surface area contributed by atoms with Crippen LogP contribution in [0.2, 0.25) is 0 Å². The van der Waals surface area contributed by atoms with E-state index in [1.165, 1.54) is 0 Å². The Labute approximate surface area is 83.3 Å². The standard InChI is InChI=1S/C11H14O3/c1-8(11(13)7-12)9-3-5-10(14-2)6-4-9/h3-8,11,13H,1-2H3. The van der Waals surface area contributed by atoms with Gasteiger partial charge in [-0.3, -0.25) is 0 Å². The fraction of sp³-hybridized carbons (Fsp3) is 0.364. The molecule has 0 saturated heterocycles. The van der Waals surface area contributed by atoms with E-state index in [-0.39, 0.29) is 5.92 Å². The van der Waals surface area contributed by atoms with E-state index in [0.29, 0.717) is 6.29 Å². The first-order chi connectivity index (χ1) is 6.69. The Balaban J connectivity index is 2.80. The topological polar surface area (TPSA) is 46.5 Å². The van der Waals surface area contributed by atoms with Crippen LogP contribution in [-0.2, 0) is 4.79 Å². The number of hydrogen-bond donors (Lipinski definition) is 1. The Bertz CT molecular complexity index is 292. The second-order valence-electron chi connectivity index (χ2n) is 3.19. The van der Waals surface area contributed by atoms with Gasteiger partial charge in [0.05, 0.1) is 7.11 Å². The highest BCUT2D eigenvalue weighted by Gasteiger charge is 2.14. The lowest BCUT2D eigenvalue weighted by molar-refractivity contribution is -0.115. The van der Waals surface area contributed by atoms with Crippen molar-refractivity contribution in [2.75, 3.05) is 7.11 Å². The summed E-state index contributed by atoms with van der Waals surface area (Å²) in [5, 5.41) is 9.31. The van der Waals surface area contributed by atoms with Gasteiger partial charge in [-0.25, -0.2) is 0 Å². The maximum atomic E-state index is 10.4. The molecular formula is C11H14O3. The summed E-state index contributed by atoms with van der Waals surface area (Å²) in [5.41, 5.74) is 0.922. The van der Waals surface area contributed by atoms with E-state index in [1.807, 2.05) is 24.3 Å². The van der Waals surface area contributed by atoms with Gasteiger partial charge in [0.15, 0.2) is 0 Å². The zero-order valence-electron chi connectivity index (χ0n) is 8.31. The van der Waals surface area contributed by atoms with Crippen LogP contribution in [0.3, 0.4) is 0 Å².